The van der Waals surface area contributed by atoms with Crippen LogP contribution in [-0.4, -0.2) is 5.25 Å². The summed E-state index contributed by atoms with van der Waals surface area (Å²) in [6, 6.07) is 25.7. The summed E-state index contributed by atoms with van der Waals surface area (Å²) in [7, 11) is 0. The number of aryl methyl sites for hydroxylation is 3. The Balaban J connectivity index is 1.37. The van der Waals surface area contributed by atoms with E-state index in [2.05, 4.69) is 99.7 Å². The van der Waals surface area contributed by atoms with Gasteiger partial charge < -0.3 is 0 Å². The lowest BCUT2D eigenvalue weighted by atomic mass is 9.88. The molecule has 2 aliphatic rings. The molecule has 0 saturated carbocycles. The summed E-state index contributed by atoms with van der Waals surface area (Å²) >= 11 is 2.04. The van der Waals surface area contributed by atoms with Crippen LogP contribution < -0.4 is 10.4 Å². The summed E-state index contributed by atoms with van der Waals surface area (Å²) in [5.74, 6) is 0.480. The van der Waals surface area contributed by atoms with Gasteiger partial charge in [0.15, 0.2) is 0 Å². The zero-order valence-corrected chi connectivity index (χ0v) is 20.5. The van der Waals surface area contributed by atoms with Gasteiger partial charge in [-0.1, -0.05) is 85.7 Å². The topological polar surface area (TPSA) is 0 Å². The molecule has 2 atom stereocenters. The van der Waals surface area contributed by atoms with Crippen molar-refractivity contribution in [2.75, 3.05) is 0 Å². The third kappa shape index (κ3) is 3.73. The summed E-state index contributed by atoms with van der Waals surface area (Å²) in [6.45, 7) is 6.67. The third-order valence-corrected chi connectivity index (χ3v) is 8.62. The molecule has 1 aliphatic heterocycles. The van der Waals surface area contributed by atoms with Crippen molar-refractivity contribution in [3.05, 3.63) is 99.4 Å². The van der Waals surface area contributed by atoms with Crippen molar-refractivity contribution in [2.45, 2.75) is 56.1 Å². The predicted molar refractivity (Wildman–Crippen MR) is 144 cm³/mol. The lowest BCUT2D eigenvalue weighted by Gasteiger charge is -2.17. The molecule has 0 aromatic heterocycles. The molecule has 0 spiro atoms. The molecule has 0 bridgehead atoms. The van der Waals surface area contributed by atoms with Gasteiger partial charge in [0.2, 0.25) is 0 Å². The second kappa shape index (κ2) is 8.22. The van der Waals surface area contributed by atoms with Gasteiger partial charge in [0.1, 0.15) is 0 Å². The molecule has 0 amide bonds. The van der Waals surface area contributed by atoms with Crippen molar-refractivity contribution in [3.63, 3.8) is 0 Å². The molecule has 2 unspecified atom stereocenters. The average Bonchev–Trinajstić information content (AvgIpc) is 3.17. The summed E-state index contributed by atoms with van der Waals surface area (Å²) < 4.78 is 0. The normalized spacial score (nSPS) is 18.3. The Morgan fingerprint density at radius 1 is 0.788 bits per heavy atom. The smallest absolute Gasteiger partial charge is 0.0387 e. The molecule has 0 fully saturated rings. The van der Waals surface area contributed by atoms with Crippen LogP contribution in [0, 0.1) is 13.8 Å². The van der Waals surface area contributed by atoms with Gasteiger partial charge in [-0.3, -0.25) is 0 Å². The van der Waals surface area contributed by atoms with Crippen LogP contribution in [-0.2, 0) is 6.42 Å². The number of benzene rings is 4. The van der Waals surface area contributed by atoms with Gasteiger partial charge in [0, 0.05) is 16.1 Å². The fourth-order valence-corrected chi connectivity index (χ4v) is 6.88. The molecule has 164 valence electrons. The molecule has 1 heteroatoms. The van der Waals surface area contributed by atoms with Crippen molar-refractivity contribution in [2.24, 2.45) is 0 Å². The Hall–Kier alpha value is -2.77. The van der Waals surface area contributed by atoms with Crippen LogP contribution in [0.2, 0.25) is 0 Å². The number of hydrogen-bond donors (Lipinski definition) is 0. The molecule has 4 aromatic carbocycles. The van der Waals surface area contributed by atoms with Crippen molar-refractivity contribution in [1.82, 2.24) is 0 Å². The largest absolute Gasteiger partial charge is 0.117 e. The van der Waals surface area contributed by atoms with Gasteiger partial charge in [-0.25, -0.2) is 0 Å². The van der Waals surface area contributed by atoms with Gasteiger partial charge in [-0.15, -0.1) is 11.8 Å². The molecule has 0 radical (unpaired) electrons. The van der Waals surface area contributed by atoms with E-state index in [-0.39, 0.29) is 0 Å². The Labute approximate surface area is 201 Å². The van der Waals surface area contributed by atoms with Crippen molar-refractivity contribution in [3.8, 4) is 11.1 Å². The van der Waals surface area contributed by atoms with Crippen LogP contribution in [0.4, 0.5) is 0 Å². The van der Waals surface area contributed by atoms with Gasteiger partial charge in [0.05, 0.1) is 0 Å². The zero-order chi connectivity index (χ0) is 22.5. The van der Waals surface area contributed by atoms with Crippen molar-refractivity contribution >= 4 is 34.7 Å². The van der Waals surface area contributed by atoms with E-state index < -0.39 is 0 Å². The van der Waals surface area contributed by atoms with E-state index in [1.807, 2.05) is 11.8 Å². The minimum absolute atomic E-state index is 0.480. The third-order valence-electron chi connectivity index (χ3n) is 7.31. The second-order valence-corrected chi connectivity index (χ2v) is 11.0. The Kier molecular flexibility index (Phi) is 5.18. The van der Waals surface area contributed by atoms with E-state index >= 15 is 0 Å². The van der Waals surface area contributed by atoms with Crippen LogP contribution in [0.15, 0.2) is 71.6 Å². The SMILES string of the molecule is CCCCc1ccc2c(c1)=CC1Sc3cc(-c4cc5ccc(C)cc5cc4C)ccc3C1C=2. The van der Waals surface area contributed by atoms with Crippen LogP contribution in [0.25, 0.3) is 34.1 Å². The molecule has 0 saturated heterocycles. The molecule has 1 aliphatic carbocycles. The summed E-state index contributed by atoms with van der Waals surface area (Å²) in [5, 5.41) is 5.97. The molecule has 0 nitrogen and oxygen atoms in total. The maximum atomic E-state index is 2.52. The van der Waals surface area contributed by atoms with Gasteiger partial charge in [0.25, 0.3) is 0 Å². The predicted octanol–water partition coefficient (Wildman–Crippen LogP) is 7.30. The zero-order valence-electron chi connectivity index (χ0n) is 19.7. The van der Waals surface area contributed by atoms with Crippen LogP contribution in [0.1, 0.15) is 47.9 Å². The van der Waals surface area contributed by atoms with Gasteiger partial charge >= 0.3 is 0 Å². The highest BCUT2D eigenvalue weighted by Crippen LogP contribution is 2.49. The minimum Gasteiger partial charge on any atom is -0.117 e. The number of fused-ring (bicyclic) bond motifs is 5. The minimum atomic E-state index is 0.480. The van der Waals surface area contributed by atoms with E-state index in [0.29, 0.717) is 11.2 Å². The maximum absolute atomic E-state index is 2.52. The lowest BCUT2D eigenvalue weighted by Crippen LogP contribution is -2.32. The first-order chi connectivity index (χ1) is 16.1. The summed E-state index contributed by atoms with van der Waals surface area (Å²) in [6.07, 6.45) is 8.73. The highest BCUT2D eigenvalue weighted by molar-refractivity contribution is 8.00. The molecular weight excluding hydrogens is 416 g/mol. The fourth-order valence-electron chi connectivity index (χ4n) is 5.47. The molecule has 1 heterocycles. The number of hydrogen-bond acceptors (Lipinski definition) is 1. The summed E-state index contributed by atoms with van der Waals surface area (Å²) in [4.78, 5) is 1.44. The molecule has 33 heavy (non-hydrogen) atoms. The first-order valence-electron chi connectivity index (χ1n) is 12.2. The van der Waals surface area contributed by atoms with E-state index in [4.69, 9.17) is 0 Å². The number of unbranched alkanes of at least 4 members (excludes halogenated alkanes) is 1. The molecule has 4 aromatic rings. The van der Waals surface area contributed by atoms with Crippen LogP contribution in [0.3, 0.4) is 0 Å². The average molecular weight is 447 g/mol. The van der Waals surface area contributed by atoms with Gasteiger partial charge in [-0.2, -0.15) is 0 Å². The Bertz CT molecular complexity index is 1510. The Morgan fingerprint density at radius 3 is 2.58 bits per heavy atom. The quantitative estimate of drug-likeness (QED) is 0.317. The maximum Gasteiger partial charge on any atom is 0.0387 e. The number of thioether (sulfide) groups is 1. The standard InChI is InChI=1S/C32H30S/c1-4-5-6-22-8-10-24-17-30-28-12-11-25(18-31(28)33-32(30)19-27(24)15-22)29-16-23-9-7-20(2)13-26(23)14-21(29)3/h7-19,30,32H,4-6H2,1-3H3. The highest BCUT2D eigenvalue weighted by Gasteiger charge is 2.32. The second-order valence-electron chi connectivity index (χ2n) is 9.78. The van der Waals surface area contributed by atoms with Gasteiger partial charge in [-0.05, 0) is 87.8 Å². The first-order valence-corrected chi connectivity index (χ1v) is 13.1. The molecule has 0 N–H and O–H groups in total. The van der Waals surface area contributed by atoms with E-state index in [1.165, 1.54) is 78.7 Å². The summed E-state index contributed by atoms with van der Waals surface area (Å²) in [5.41, 5.74) is 8.31. The molecular formula is C32H30S. The number of rotatable bonds is 4. The van der Waals surface area contributed by atoms with Crippen LogP contribution >= 0.6 is 11.8 Å². The van der Waals surface area contributed by atoms with E-state index in [9.17, 15) is 0 Å². The van der Waals surface area contributed by atoms with Crippen molar-refractivity contribution in [1.29, 1.82) is 0 Å². The van der Waals surface area contributed by atoms with Crippen LogP contribution in [0.5, 0.6) is 0 Å². The van der Waals surface area contributed by atoms with E-state index in [1.54, 1.807) is 0 Å². The lowest BCUT2D eigenvalue weighted by molar-refractivity contribution is 0.794. The highest BCUT2D eigenvalue weighted by atomic mass is 32.2. The Morgan fingerprint density at radius 2 is 1.70 bits per heavy atom. The van der Waals surface area contributed by atoms with Crippen molar-refractivity contribution < 1.29 is 0 Å². The molecule has 6 rings (SSSR count). The monoisotopic (exact) mass is 446 g/mol. The fraction of sp³-hybridized carbons (Fsp3) is 0.250. The van der Waals surface area contributed by atoms with E-state index in [0.717, 1.165) is 0 Å². The first kappa shape index (κ1) is 20.8.